The van der Waals surface area contributed by atoms with E-state index in [-0.39, 0.29) is 5.69 Å². The second-order valence-corrected chi connectivity index (χ2v) is 4.44. The number of carbonyl (C=O) groups is 1. The maximum Gasteiger partial charge on any atom is 0.356 e. The Balaban J connectivity index is 2.14. The molecule has 1 heterocycles. The van der Waals surface area contributed by atoms with Crippen molar-refractivity contribution in [2.75, 3.05) is 11.9 Å². The minimum atomic E-state index is -1.09. The highest BCUT2D eigenvalue weighted by molar-refractivity contribution is 6.31. The summed E-state index contributed by atoms with van der Waals surface area (Å²) in [5, 5.41) is 17.0. The Kier molecular flexibility index (Phi) is 3.97. The maximum atomic E-state index is 10.7. The van der Waals surface area contributed by atoms with E-state index in [1.54, 1.807) is 6.07 Å². The van der Waals surface area contributed by atoms with E-state index in [2.05, 4.69) is 10.2 Å². The summed E-state index contributed by atoms with van der Waals surface area (Å²) in [7, 11) is 1.84. The molecule has 0 atom stereocenters. The summed E-state index contributed by atoms with van der Waals surface area (Å²) in [4.78, 5) is 12.5. The summed E-state index contributed by atoms with van der Waals surface area (Å²) in [6.07, 6.45) is 0. The zero-order valence-electron chi connectivity index (χ0n) is 10.2. The molecule has 0 unspecified atom stereocenters. The van der Waals surface area contributed by atoms with Gasteiger partial charge in [-0.15, -0.1) is 10.2 Å². The van der Waals surface area contributed by atoms with E-state index in [0.29, 0.717) is 17.4 Å². The number of carboxylic acids is 1. The topological polar surface area (TPSA) is 66.3 Å². The molecule has 1 N–H and O–H groups in total. The average molecular weight is 278 g/mol. The first-order valence-electron chi connectivity index (χ1n) is 5.59. The molecule has 0 fully saturated rings. The van der Waals surface area contributed by atoms with Crippen LogP contribution in [0.5, 0.6) is 0 Å². The van der Waals surface area contributed by atoms with Crippen LogP contribution in [0.3, 0.4) is 0 Å². The zero-order valence-corrected chi connectivity index (χ0v) is 11.0. The van der Waals surface area contributed by atoms with Crippen molar-refractivity contribution >= 4 is 23.4 Å². The Morgan fingerprint density at radius 1 is 1.26 bits per heavy atom. The second-order valence-electron chi connectivity index (χ2n) is 4.03. The summed E-state index contributed by atoms with van der Waals surface area (Å²) < 4.78 is 0. The molecule has 0 bridgehead atoms. The summed E-state index contributed by atoms with van der Waals surface area (Å²) in [6.45, 7) is 0.570. The van der Waals surface area contributed by atoms with Gasteiger partial charge in [-0.2, -0.15) is 0 Å². The van der Waals surface area contributed by atoms with Crippen molar-refractivity contribution < 1.29 is 9.90 Å². The number of benzene rings is 1. The van der Waals surface area contributed by atoms with Crippen molar-refractivity contribution in [3.8, 4) is 0 Å². The Bertz CT molecular complexity index is 587. The van der Waals surface area contributed by atoms with Crippen LogP contribution in [-0.4, -0.2) is 28.3 Å². The van der Waals surface area contributed by atoms with E-state index in [1.807, 2.05) is 36.2 Å². The fourth-order valence-corrected chi connectivity index (χ4v) is 1.80. The van der Waals surface area contributed by atoms with Gasteiger partial charge in [-0.1, -0.05) is 29.8 Å². The molecule has 0 saturated heterocycles. The van der Waals surface area contributed by atoms with E-state index >= 15 is 0 Å². The highest BCUT2D eigenvalue weighted by atomic mass is 35.5. The van der Waals surface area contributed by atoms with E-state index in [0.717, 1.165) is 5.56 Å². The number of rotatable bonds is 4. The molecule has 2 rings (SSSR count). The first-order chi connectivity index (χ1) is 9.08. The van der Waals surface area contributed by atoms with Gasteiger partial charge in [0.2, 0.25) is 0 Å². The van der Waals surface area contributed by atoms with Crippen molar-refractivity contribution in [1.29, 1.82) is 0 Å². The molecule has 0 spiro atoms. The highest BCUT2D eigenvalue weighted by Gasteiger charge is 2.09. The quantitative estimate of drug-likeness (QED) is 0.930. The third-order valence-corrected chi connectivity index (χ3v) is 2.99. The van der Waals surface area contributed by atoms with Crippen molar-refractivity contribution in [2.24, 2.45) is 0 Å². The lowest BCUT2D eigenvalue weighted by molar-refractivity contribution is 0.0689. The Morgan fingerprint density at radius 3 is 2.58 bits per heavy atom. The van der Waals surface area contributed by atoms with Gasteiger partial charge in [-0.05, 0) is 23.8 Å². The van der Waals surface area contributed by atoms with Gasteiger partial charge in [0.05, 0.1) is 0 Å². The van der Waals surface area contributed by atoms with Crippen LogP contribution in [0, 0.1) is 0 Å². The third kappa shape index (κ3) is 3.20. The first kappa shape index (κ1) is 13.3. The van der Waals surface area contributed by atoms with Gasteiger partial charge in [0.1, 0.15) is 0 Å². The Labute approximate surface area is 115 Å². The molecule has 0 aliphatic heterocycles. The molecular formula is C13H12ClN3O2. The largest absolute Gasteiger partial charge is 0.476 e. The lowest BCUT2D eigenvalue weighted by Crippen LogP contribution is -2.19. The Morgan fingerprint density at radius 2 is 2.00 bits per heavy atom. The fourth-order valence-electron chi connectivity index (χ4n) is 1.61. The van der Waals surface area contributed by atoms with Crippen LogP contribution < -0.4 is 4.90 Å². The summed E-state index contributed by atoms with van der Waals surface area (Å²) in [6, 6.07) is 10.6. The standard InChI is InChI=1S/C13H12ClN3O2/c1-17(8-9-4-2-3-5-10(9)14)12-7-6-11(13(18)19)15-16-12/h2-7H,8H2,1H3,(H,18,19). The molecule has 0 radical (unpaired) electrons. The number of halogens is 1. The molecule has 1 aromatic heterocycles. The molecule has 2 aromatic rings. The number of anilines is 1. The average Bonchev–Trinajstić information content (AvgIpc) is 2.41. The van der Waals surface area contributed by atoms with Crippen LogP contribution in [0.1, 0.15) is 16.1 Å². The summed E-state index contributed by atoms with van der Waals surface area (Å²) >= 11 is 6.08. The lowest BCUT2D eigenvalue weighted by Gasteiger charge is -2.18. The van der Waals surface area contributed by atoms with Crippen molar-refractivity contribution in [3.63, 3.8) is 0 Å². The normalized spacial score (nSPS) is 10.2. The molecule has 0 aliphatic rings. The van der Waals surface area contributed by atoms with E-state index < -0.39 is 5.97 Å². The SMILES string of the molecule is CN(Cc1ccccc1Cl)c1ccc(C(=O)O)nn1. The van der Waals surface area contributed by atoms with Crippen molar-refractivity contribution in [2.45, 2.75) is 6.54 Å². The van der Waals surface area contributed by atoms with E-state index in [1.165, 1.54) is 6.07 Å². The highest BCUT2D eigenvalue weighted by Crippen LogP contribution is 2.18. The Hall–Kier alpha value is -2.14. The van der Waals surface area contributed by atoms with Gasteiger partial charge in [0.25, 0.3) is 0 Å². The molecule has 5 nitrogen and oxygen atoms in total. The number of carboxylic acid groups (broad SMARTS) is 1. The van der Waals surface area contributed by atoms with Gasteiger partial charge >= 0.3 is 5.97 Å². The van der Waals surface area contributed by atoms with Gasteiger partial charge in [0.15, 0.2) is 11.5 Å². The number of aromatic carboxylic acids is 1. The van der Waals surface area contributed by atoms with Gasteiger partial charge < -0.3 is 10.0 Å². The van der Waals surface area contributed by atoms with E-state index in [9.17, 15) is 4.79 Å². The molecule has 98 valence electrons. The predicted octanol–water partition coefficient (Wildman–Crippen LogP) is 2.46. The molecule has 0 saturated carbocycles. The summed E-state index contributed by atoms with van der Waals surface area (Å²) in [5.41, 5.74) is 0.894. The van der Waals surface area contributed by atoms with Crippen LogP contribution in [0.15, 0.2) is 36.4 Å². The number of hydrogen-bond acceptors (Lipinski definition) is 4. The first-order valence-corrected chi connectivity index (χ1v) is 5.97. The van der Waals surface area contributed by atoms with Gasteiger partial charge in [-0.25, -0.2) is 4.79 Å². The molecule has 19 heavy (non-hydrogen) atoms. The minimum absolute atomic E-state index is 0.0742. The summed E-state index contributed by atoms with van der Waals surface area (Å²) in [5.74, 6) is -0.502. The monoisotopic (exact) mass is 277 g/mol. The molecule has 0 aliphatic carbocycles. The van der Waals surface area contributed by atoms with Crippen molar-refractivity contribution in [1.82, 2.24) is 10.2 Å². The zero-order chi connectivity index (χ0) is 13.8. The molecule has 1 aromatic carbocycles. The van der Waals surface area contributed by atoms with Crippen LogP contribution in [0.4, 0.5) is 5.82 Å². The maximum absolute atomic E-state index is 10.7. The van der Waals surface area contributed by atoms with Gasteiger partial charge in [-0.3, -0.25) is 0 Å². The molecule has 0 amide bonds. The number of hydrogen-bond donors (Lipinski definition) is 1. The van der Waals surface area contributed by atoms with Crippen LogP contribution in [0.2, 0.25) is 5.02 Å². The smallest absolute Gasteiger partial charge is 0.356 e. The molecular weight excluding hydrogens is 266 g/mol. The van der Waals surface area contributed by atoms with Crippen molar-refractivity contribution in [3.05, 3.63) is 52.7 Å². The molecule has 6 heteroatoms. The van der Waals surface area contributed by atoms with E-state index in [4.69, 9.17) is 16.7 Å². The minimum Gasteiger partial charge on any atom is -0.476 e. The third-order valence-electron chi connectivity index (χ3n) is 2.63. The lowest BCUT2D eigenvalue weighted by atomic mass is 10.2. The number of nitrogens with zero attached hydrogens (tertiary/aromatic N) is 3. The van der Waals surface area contributed by atoms with Gasteiger partial charge in [0, 0.05) is 18.6 Å². The van der Waals surface area contributed by atoms with Crippen LogP contribution >= 0.6 is 11.6 Å². The second kappa shape index (κ2) is 5.67. The predicted molar refractivity (Wildman–Crippen MR) is 72.6 cm³/mol. The van der Waals surface area contributed by atoms with Crippen LogP contribution in [0.25, 0.3) is 0 Å². The number of aromatic nitrogens is 2. The fraction of sp³-hybridized carbons (Fsp3) is 0.154. The van der Waals surface area contributed by atoms with Crippen LogP contribution in [-0.2, 0) is 6.54 Å².